The SMILES string of the molecule is COC(=O)[C@H](C)Sc1nnc(C)n1Cc1ccccc1. The van der Waals surface area contributed by atoms with Gasteiger partial charge >= 0.3 is 5.97 Å². The molecule has 1 heterocycles. The molecule has 0 N–H and O–H groups in total. The first kappa shape index (κ1) is 14.6. The normalized spacial score (nSPS) is 12.2. The highest BCUT2D eigenvalue weighted by atomic mass is 32.2. The fourth-order valence-electron chi connectivity index (χ4n) is 1.77. The van der Waals surface area contributed by atoms with Gasteiger partial charge in [-0.15, -0.1) is 10.2 Å². The minimum atomic E-state index is -0.307. The van der Waals surface area contributed by atoms with Gasteiger partial charge < -0.3 is 9.30 Å². The van der Waals surface area contributed by atoms with Crippen LogP contribution in [-0.2, 0) is 16.1 Å². The van der Waals surface area contributed by atoms with Crippen LogP contribution in [0.4, 0.5) is 0 Å². The van der Waals surface area contributed by atoms with Gasteiger partial charge in [-0.05, 0) is 19.4 Å². The molecule has 5 nitrogen and oxygen atoms in total. The molecule has 6 heteroatoms. The third kappa shape index (κ3) is 3.39. The fourth-order valence-corrected chi connectivity index (χ4v) is 2.69. The molecular formula is C14H17N3O2S. The second-order valence-electron chi connectivity index (χ2n) is 4.38. The van der Waals surface area contributed by atoms with Gasteiger partial charge in [-0.2, -0.15) is 0 Å². The number of rotatable bonds is 5. The summed E-state index contributed by atoms with van der Waals surface area (Å²) in [6.07, 6.45) is 0. The minimum absolute atomic E-state index is 0.262. The van der Waals surface area contributed by atoms with Crippen LogP contribution in [0.25, 0.3) is 0 Å². The van der Waals surface area contributed by atoms with Gasteiger partial charge in [0.2, 0.25) is 0 Å². The lowest BCUT2D eigenvalue weighted by molar-refractivity contribution is -0.139. The van der Waals surface area contributed by atoms with Crippen molar-refractivity contribution in [3.8, 4) is 0 Å². The van der Waals surface area contributed by atoms with Crippen LogP contribution in [0.2, 0.25) is 0 Å². The van der Waals surface area contributed by atoms with Crippen LogP contribution < -0.4 is 0 Å². The van der Waals surface area contributed by atoms with Crippen molar-refractivity contribution in [1.82, 2.24) is 14.8 Å². The number of benzene rings is 1. The van der Waals surface area contributed by atoms with Crippen LogP contribution in [0.5, 0.6) is 0 Å². The first-order valence-corrected chi connectivity index (χ1v) is 7.18. The molecule has 0 aliphatic carbocycles. The number of methoxy groups -OCH3 is 1. The minimum Gasteiger partial charge on any atom is -0.468 e. The van der Waals surface area contributed by atoms with Crippen molar-refractivity contribution < 1.29 is 9.53 Å². The van der Waals surface area contributed by atoms with Crippen molar-refractivity contribution in [2.45, 2.75) is 30.8 Å². The first-order chi connectivity index (χ1) is 9.61. The predicted molar refractivity (Wildman–Crippen MR) is 77.6 cm³/mol. The van der Waals surface area contributed by atoms with Crippen LogP contribution in [0, 0.1) is 6.92 Å². The number of carbonyl (C=O) groups is 1. The quantitative estimate of drug-likeness (QED) is 0.625. The summed E-state index contributed by atoms with van der Waals surface area (Å²) < 4.78 is 6.73. The molecule has 0 bridgehead atoms. The molecule has 106 valence electrons. The Balaban J connectivity index is 2.17. The molecule has 1 atom stereocenters. The second-order valence-corrected chi connectivity index (χ2v) is 5.69. The molecule has 0 radical (unpaired) electrons. The van der Waals surface area contributed by atoms with E-state index in [2.05, 4.69) is 22.3 Å². The van der Waals surface area contributed by atoms with E-state index in [1.54, 1.807) is 6.92 Å². The van der Waals surface area contributed by atoms with Crippen LogP contribution in [0.15, 0.2) is 35.5 Å². The maximum atomic E-state index is 11.5. The lowest BCUT2D eigenvalue weighted by atomic mass is 10.2. The number of nitrogens with zero attached hydrogens (tertiary/aromatic N) is 3. The molecule has 0 unspecified atom stereocenters. The fraction of sp³-hybridized carbons (Fsp3) is 0.357. The van der Waals surface area contributed by atoms with Gasteiger partial charge in [0.05, 0.1) is 13.7 Å². The number of carbonyl (C=O) groups excluding carboxylic acids is 1. The van der Waals surface area contributed by atoms with E-state index in [0.29, 0.717) is 6.54 Å². The summed E-state index contributed by atoms with van der Waals surface area (Å²) >= 11 is 1.36. The number of ether oxygens (including phenoxy) is 1. The second kappa shape index (κ2) is 6.56. The summed E-state index contributed by atoms with van der Waals surface area (Å²) in [7, 11) is 1.39. The Morgan fingerprint density at radius 3 is 2.70 bits per heavy atom. The summed E-state index contributed by atoms with van der Waals surface area (Å²) in [6.45, 7) is 4.39. The Hall–Kier alpha value is -1.82. The third-order valence-electron chi connectivity index (χ3n) is 2.90. The van der Waals surface area contributed by atoms with E-state index in [1.165, 1.54) is 24.4 Å². The maximum Gasteiger partial charge on any atom is 0.318 e. The maximum absolute atomic E-state index is 11.5. The van der Waals surface area contributed by atoms with Gasteiger partial charge in [-0.1, -0.05) is 42.1 Å². The average Bonchev–Trinajstić information content (AvgIpc) is 2.80. The number of esters is 1. The first-order valence-electron chi connectivity index (χ1n) is 6.30. The number of thioether (sulfide) groups is 1. The lowest BCUT2D eigenvalue weighted by Gasteiger charge is -2.11. The Kier molecular flexibility index (Phi) is 4.79. The molecule has 2 aromatic rings. The van der Waals surface area contributed by atoms with E-state index < -0.39 is 0 Å². The average molecular weight is 291 g/mol. The highest BCUT2D eigenvalue weighted by Crippen LogP contribution is 2.23. The van der Waals surface area contributed by atoms with Crippen molar-refractivity contribution in [2.24, 2.45) is 0 Å². The zero-order valence-corrected chi connectivity index (χ0v) is 12.6. The van der Waals surface area contributed by atoms with E-state index >= 15 is 0 Å². The number of hydrogen-bond donors (Lipinski definition) is 0. The van der Waals surface area contributed by atoms with Gasteiger partial charge in [0.25, 0.3) is 0 Å². The van der Waals surface area contributed by atoms with Gasteiger partial charge in [0.15, 0.2) is 5.16 Å². The molecule has 2 rings (SSSR count). The molecule has 1 aromatic heterocycles. The van der Waals surface area contributed by atoms with Crippen LogP contribution in [-0.4, -0.2) is 33.1 Å². The Morgan fingerprint density at radius 1 is 1.35 bits per heavy atom. The van der Waals surface area contributed by atoms with Gasteiger partial charge in [-0.3, -0.25) is 4.79 Å². The molecule has 0 saturated carbocycles. The van der Waals surface area contributed by atoms with E-state index in [-0.39, 0.29) is 11.2 Å². The zero-order chi connectivity index (χ0) is 14.5. The molecule has 0 fully saturated rings. The topological polar surface area (TPSA) is 57.0 Å². The van der Waals surface area contributed by atoms with E-state index in [4.69, 9.17) is 4.74 Å². The molecule has 0 aliphatic heterocycles. The Labute approximate surface area is 122 Å². The predicted octanol–water partition coefficient (Wildman–Crippen LogP) is 2.29. The zero-order valence-electron chi connectivity index (χ0n) is 11.7. The summed E-state index contributed by atoms with van der Waals surface area (Å²) in [5.41, 5.74) is 1.17. The monoisotopic (exact) mass is 291 g/mol. The van der Waals surface area contributed by atoms with E-state index in [9.17, 15) is 4.79 Å². The highest BCUT2D eigenvalue weighted by Gasteiger charge is 2.19. The van der Waals surface area contributed by atoms with Crippen molar-refractivity contribution in [3.63, 3.8) is 0 Å². The molecule has 0 amide bonds. The van der Waals surface area contributed by atoms with Crippen LogP contribution >= 0.6 is 11.8 Å². The molecule has 0 spiro atoms. The molecule has 20 heavy (non-hydrogen) atoms. The summed E-state index contributed by atoms with van der Waals surface area (Å²) in [5.74, 6) is 0.565. The molecular weight excluding hydrogens is 274 g/mol. The van der Waals surface area contributed by atoms with Gasteiger partial charge in [0.1, 0.15) is 11.1 Å². The summed E-state index contributed by atoms with van der Waals surface area (Å²) in [4.78, 5) is 11.5. The van der Waals surface area contributed by atoms with Crippen molar-refractivity contribution >= 4 is 17.7 Å². The molecule has 0 saturated heterocycles. The molecule has 1 aromatic carbocycles. The van der Waals surface area contributed by atoms with Gasteiger partial charge in [0, 0.05) is 0 Å². The Bertz CT molecular complexity index is 583. The molecule has 0 aliphatic rings. The van der Waals surface area contributed by atoms with Crippen molar-refractivity contribution in [3.05, 3.63) is 41.7 Å². The Morgan fingerprint density at radius 2 is 2.05 bits per heavy atom. The number of aryl methyl sites for hydroxylation is 1. The summed E-state index contributed by atoms with van der Waals surface area (Å²) in [5, 5.41) is 8.65. The van der Waals surface area contributed by atoms with Crippen LogP contribution in [0.1, 0.15) is 18.3 Å². The largest absolute Gasteiger partial charge is 0.468 e. The number of hydrogen-bond acceptors (Lipinski definition) is 5. The third-order valence-corrected chi connectivity index (χ3v) is 3.96. The summed E-state index contributed by atoms with van der Waals surface area (Å²) in [6, 6.07) is 10.1. The standard InChI is InChI=1S/C14H17N3O2S/c1-10(13(18)19-3)20-14-16-15-11(2)17(14)9-12-7-5-4-6-8-12/h4-8,10H,9H2,1-3H3/t10-/m0/s1. The smallest absolute Gasteiger partial charge is 0.318 e. The highest BCUT2D eigenvalue weighted by molar-refractivity contribution is 8.00. The van der Waals surface area contributed by atoms with Crippen molar-refractivity contribution in [1.29, 1.82) is 0 Å². The van der Waals surface area contributed by atoms with Crippen molar-refractivity contribution in [2.75, 3.05) is 7.11 Å². The van der Waals surface area contributed by atoms with Gasteiger partial charge in [-0.25, -0.2) is 0 Å². The number of aromatic nitrogens is 3. The van der Waals surface area contributed by atoms with Crippen LogP contribution in [0.3, 0.4) is 0 Å². The van der Waals surface area contributed by atoms with E-state index in [1.807, 2.05) is 29.7 Å². The van der Waals surface area contributed by atoms with E-state index in [0.717, 1.165) is 11.0 Å². The lowest BCUT2D eigenvalue weighted by Crippen LogP contribution is -2.16.